The Morgan fingerprint density at radius 3 is 2.60 bits per heavy atom. The van der Waals surface area contributed by atoms with Crippen molar-refractivity contribution in [3.63, 3.8) is 0 Å². The van der Waals surface area contributed by atoms with Crippen LogP contribution in [0.2, 0.25) is 0 Å². The minimum atomic E-state index is -2.69. The van der Waals surface area contributed by atoms with Crippen molar-refractivity contribution in [2.24, 2.45) is 0 Å². The molecule has 5 rings (SSSR count). The number of hydrogen-bond donors (Lipinski definition) is 2. The number of imidazole rings is 1. The van der Waals surface area contributed by atoms with E-state index in [4.69, 9.17) is 0 Å². The topological polar surface area (TPSA) is 85.0 Å². The largest absolute Gasteiger partial charge is 0.367 e. The predicted octanol–water partition coefficient (Wildman–Crippen LogP) is 3.21. The van der Waals surface area contributed by atoms with Crippen LogP contribution in [0, 0.1) is 0 Å². The molecule has 0 radical (unpaired) electrons. The van der Waals surface area contributed by atoms with Crippen molar-refractivity contribution < 1.29 is 8.78 Å². The summed E-state index contributed by atoms with van der Waals surface area (Å²) in [7, 11) is 0. The molecule has 0 unspecified atom stereocenters. The zero-order valence-electron chi connectivity index (χ0n) is 16.0. The second kappa shape index (κ2) is 7.79. The fourth-order valence-electron chi connectivity index (χ4n) is 3.61. The minimum Gasteiger partial charge on any atom is -0.367 e. The molecule has 5 heterocycles. The van der Waals surface area contributed by atoms with E-state index < -0.39 is 6.55 Å². The summed E-state index contributed by atoms with van der Waals surface area (Å²) < 4.78 is 27.9. The maximum atomic E-state index is 12.8. The highest BCUT2D eigenvalue weighted by Crippen LogP contribution is 2.24. The Balaban J connectivity index is 1.42. The molecule has 0 spiro atoms. The summed E-state index contributed by atoms with van der Waals surface area (Å²) in [6.07, 6.45) is 8.32. The zero-order chi connectivity index (χ0) is 20.5. The number of aromatic nitrogens is 6. The van der Waals surface area contributed by atoms with Crippen LogP contribution >= 0.6 is 0 Å². The van der Waals surface area contributed by atoms with Gasteiger partial charge in [0.1, 0.15) is 5.82 Å². The second-order valence-corrected chi connectivity index (χ2v) is 7.22. The average molecular weight is 410 g/mol. The van der Waals surface area contributed by atoms with Crippen molar-refractivity contribution in [3.8, 4) is 22.5 Å². The Morgan fingerprint density at radius 1 is 1.00 bits per heavy atom. The minimum absolute atomic E-state index is 0.429. The smallest absolute Gasteiger partial charge is 0.333 e. The van der Waals surface area contributed by atoms with E-state index >= 15 is 0 Å². The number of rotatable bonds is 5. The van der Waals surface area contributed by atoms with Crippen molar-refractivity contribution >= 4 is 11.5 Å². The molecule has 1 aliphatic rings. The third-order valence-corrected chi connectivity index (χ3v) is 5.21. The van der Waals surface area contributed by atoms with E-state index in [1.165, 1.54) is 12.4 Å². The van der Waals surface area contributed by atoms with Crippen LogP contribution in [-0.4, -0.2) is 48.5 Å². The van der Waals surface area contributed by atoms with Crippen molar-refractivity contribution in [3.05, 3.63) is 49.1 Å². The summed E-state index contributed by atoms with van der Waals surface area (Å²) in [5.41, 5.74) is 3.34. The molecule has 8 nitrogen and oxygen atoms in total. The monoisotopic (exact) mass is 410 g/mol. The van der Waals surface area contributed by atoms with Gasteiger partial charge in [0.2, 0.25) is 0 Å². The van der Waals surface area contributed by atoms with E-state index in [2.05, 4.69) is 30.8 Å². The van der Waals surface area contributed by atoms with Gasteiger partial charge in [0.05, 0.1) is 23.8 Å². The first kappa shape index (κ1) is 18.6. The lowest BCUT2D eigenvalue weighted by Crippen LogP contribution is -2.35. The first-order valence-electron chi connectivity index (χ1n) is 9.78. The lowest BCUT2D eigenvalue weighted by atomic mass is 10.1. The molecular weight excluding hydrogens is 390 g/mol. The number of nitrogens with one attached hydrogen (secondary N) is 2. The molecule has 1 aliphatic heterocycles. The Morgan fingerprint density at radius 2 is 1.87 bits per heavy atom. The molecule has 4 aromatic heterocycles. The lowest BCUT2D eigenvalue weighted by Gasteiger charge is -2.24. The summed E-state index contributed by atoms with van der Waals surface area (Å²) >= 11 is 0. The highest BCUT2D eigenvalue weighted by molar-refractivity contribution is 5.65. The van der Waals surface area contributed by atoms with Gasteiger partial charge in [0.25, 0.3) is 0 Å². The number of alkyl halides is 2. The Kier molecular flexibility index (Phi) is 4.83. The predicted molar refractivity (Wildman–Crippen MR) is 108 cm³/mol. The fourth-order valence-corrected chi connectivity index (χ4v) is 3.61. The average Bonchev–Trinajstić information content (AvgIpc) is 3.42. The van der Waals surface area contributed by atoms with Crippen LogP contribution in [0.4, 0.5) is 14.6 Å². The molecule has 0 bridgehead atoms. The van der Waals surface area contributed by atoms with Crippen LogP contribution in [0.25, 0.3) is 28.2 Å². The fraction of sp³-hybridized carbons (Fsp3) is 0.300. The summed E-state index contributed by atoms with van der Waals surface area (Å²) in [6, 6.07) is 7.89. The normalized spacial score (nSPS) is 15.2. The number of nitrogens with zero attached hydrogens (tertiary/aromatic N) is 6. The van der Waals surface area contributed by atoms with E-state index in [0.717, 1.165) is 43.0 Å². The maximum Gasteiger partial charge on any atom is 0.333 e. The molecule has 1 fully saturated rings. The van der Waals surface area contributed by atoms with Crippen molar-refractivity contribution in [1.82, 2.24) is 34.7 Å². The van der Waals surface area contributed by atoms with Crippen LogP contribution < -0.4 is 10.6 Å². The maximum absolute atomic E-state index is 12.8. The van der Waals surface area contributed by atoms with Crippen LogP contribution in [0.3, 0.4) is 0 Å². The third kappa shape index (κ3) is 3.61. The number of pyridine rings is 1. The standard InChI is InChI=1S/C20H20F2N8/c21-20(22)29-12-14(10-26-29)16-2-4-19-25-11-17(30(19)28-16)13-1-3-18(24-9-13)27-15-5-7-23-8-6-15/h1-4,9-12,15,20,23H,5-8H2,(H,24,27). The van der Waals surface area contributed by atoms with Gasteiger partial charge in [-0.1, -0.05) is 0 Å². The van der Waals surface area contributed by atoms with E-state index in [0.29, 0.717) is 27.6 Å². The van der Waals surface area contributed by atoms with Gasteiger partial charge in [-0.25, -0.2) is 19.2 Å². The van der Waals surface area contributed by atoms with Crippen LogP contribution in [0.15, 0.2) is 49.1 Å². The van der Waals surface area contributed by atoms with Crippen LogP contribution in [-0.2, 0) is 0 Å². The van der Waals surface area contributed by atoms with Gasteiger partial charge in [-0.15, -0.1) is 0 Å². The highest BCUT2D eigenvalue weighted by Gasteiger charge is 2.15. The number of fused-ring (bicyclic) bond motifs is 1. The van der Waals surface area contributed by atoms with E-state index in [9.17, 15) is 8.78 Å². The van der Waals surface area contributed by atoms with Crippen molar-refractivity contribution in [2.75, 3.05) is 18.4 Å². The van der Waals surface area contributed by atoms with Gasteiger partial charge in [0, 0.05) is 29.6 Å². The van der Waals surface area contributed by atoms with E-state index in [1.807, 2.05) is 12.1 Å². The molecule has 10 heteroatoms. The number of hydrogen-bond acceptors (Lipinski definition) is 6. The number of halogens is 2. The molecule has 0 amide bonds. The van der Waals surface area contributed by atoms with Gasteiger partial charge in [-0.05, 0) is 50.2 Å². The molecule has 4 aromatic rings. The molecular formula is C20H20F2N8. The summed E-state index contributed by atoms with van der Waals surface area (Å²) in [5, 5.41) is 15.1. The summed E-state index contributed by atoms with van der Waals surface area (Å²) in [5.74, 6) is 0.840. The molecule has 2 N–H and O–H groups in total. The van der Waals surface area contributed by atoms with Gasteiger partial charge in [0.15, 0.2) is 5.65 Å². The van der Waals surface area contributed by atoms with E-state index in [-0.39, 0.29) is 0 Å². The Bertz CT molecular complexity index is 1150. The SMILES string of the molecule is FC(F)n1cc(-c2ccc3ncc(-c4ccc(NC5CCNCC5)nc4)n3n2)cn1. The molecule has 0 atom stereocenters. The lowest BCUT2D eigenvalue weighted by molar-refractivity contribution is 0.0566. The number of anilines is 1. The Hall–Kier alpha value is -3.40. The molecule has 154 valence electrons. The number of piperidine rings is 1. The molecule has 0 aromatic carbocycles. The van der Waals surface area contributed by atoms with Crippen LogP contribution in [0.1, 0.15) is 19.4 Å². The first-order chi connectivity index (χ1) is 14.7. The second-order valence-electron chi connectivity index (χ2n) is 7.22. The van der Waals surface area contributed by atoms with Crippen molar-refractivity contribution in [2.45, 2.75) is 25.4 Å². The quantitative estimate of drug-likeness (QED) is 0.526. The molecule has 0 saturated carbocycles. The molecule has 30 heavy (non-hydrogen) atoms. The zero-order valence-corrected chi connectivity index (χ0v) is 16.0. The molecule has 1 saturated heterocycles. The third-order valence-electron chi connectivity index (χ3n) is 5.21. The van der Waals surface area contributed by atoms with Crippen LogP contribution in [0.5, 0.6) is 0 Å². The first-order valence-corrected chi connectivity index (χ1v) is 9.78. The molecule has 0 aliphatic carbocycles. The van der Waals surface area contributed by atoms with Gasteiger partial charge in [-0.3, -0.25) is 0 Å². The van der Waals surface area contributed by atoms with Gasteiger partial charge in [-0.2, -0.15) is 19.0 Å². The summed E-state index contributed by atoms with van der Waals surface area (Å²) in [6.45, 7) is -0.654. The van der Waals surface area contributed by atoms with E-state index in [1.54, 1.807) is 29.0 Å². The summed E-state index contributed by atoms with van der Waals surface area (Å²) in [4.78, 5) is 8.93. The van der Waals surface area contributed by atoms with Gasteiger partial charge < -0.3 is 10.6 Å². The van der Waals surface area contributed by atoms with Crippen molar-refractivity contribution in [1.29, 1.82) is 0 Å². The highest BCUT2D eigenvalue weighted by atomic mass is 19.3. The Labute approximate surface area is 171 Å². The van der Waals surface area contributed by atoms with Gasteiger partial charge >= 0.3 is 6.55 Å².